The lowest BCUT2D eigenvalue weighted by Crippen LogP contribution is -2.33. The second kappa shape index (κ2) is 6.23. The minimum absolute atomic E-state index is 0.132. The van der Waals surface area contributed by atoms with E-state index >= 15 is 0 Å². The Balaban J connectivity index is 1.93. The van der Waals surface area contributed by atoms with Crippen LogP contribution in [0.2, 0.25) is 0 Å². The van der Waals surface area contributed by atoms with E-state index in [9.17, 15) is 0 Å². The van der Waals surface area contributed by atoms with Crippen LogP contribution in [0.1, 0.15) is 37.7 Å². The highest BCUT2D eigenvalue weighted by Crippen LogP contribution is 2.21. The van der Waals surface area contributed by atoms with Crippen LogP contribution < -0.4 is 5.32 Å². The Morgan fingerprint density at radius 1 is 1.20 bits per heavy atom. The zero-order chi connectivity index (χ0) is 14.6. The highest BCUT2D eigenvalue weighted by atomic mass is 15.3. The molecule has 1 aromatic carbocycles. The van der Waals surface area contributed by atoms with Gasteiger partial charge in [-0.1, -0.05) is 51.1 Å². The third-order valence-electron chi connectivity index (χ3n) is 3.82. The summed E-state index contributed by atoms with van der Waals surface area (Å²) >= 11 is 0. The van der Waals surface area contributed by atoms with Crippen LogP contribution in [0.25, 0.3) is 0 Å². The van der Waals surface area contributed by atoms with E-state index in [1.807, 2.05) is 11.7 Å². The zero-order valence-corrected chi connectivity index (χ0v) is 13.0. The SMILES string of the molecule is CCc1cc(CNCC(C)(C)c2ccccc2)n(C)n1. The van der Waals surface area contributed by atoms with Crippen molar-refractivity contribution in [2.24, 2.45) is 7.05 Å². The first-order valence-corrected chi connectivity index (χ1v) is 7.31. The third-order valence-corrected chi connectivity index (χ3v) is 3.82. The number of hydrogen-bond donors (Lipinski definition) is 1. The molecule has 2 aromatic rings. The number of hydrogen-bond acceptors (Lipinski definition) is 2. The molecule has 0 aliphatic carbocycles. The smallest absolute Gasteiger partial charge is 0.0625 e. The first kappa shape index (κ1) is 14.8. The van der Waals surface area contributed by atoms with Gasteiger partial charge in [-0.15, -0.1) is 0 Å². The highest BCUT2D eigenvalue weighted by Gasteiger charge is 2.19. The van der Waals surface area contributed by atoms with Crippen LogP contribution in [-0.2, 0) is 25.4 Å². The van der Waals surface area contributed by atoms with Crippen LogP contribution in [0.5, 0.6) is 0 Å². The number of nitrogens with one attached hydrogen (secondary N) is 1. The molecule has 0 fully saturated rings. The summed E-state index contributed by atoms with van der Waals surface area (Å²) < 4.78 is 1.97. The van der Waals surface area contributed by atoms with Crippen molar-refractivity contribution in [1.82, 2.24) is 15.1 Å². The Labute approximate surface area is 122 Å². The second-order valence-electron chi connectivity index (χ2n) is 5.96. The summed E-state index contributed by atoms with van der Waals surface area (Å²) in [6, 6.07) is 12.8. The molecule has 108 valence electrons. The fraction of sp³-hybridized carbons (Fsp3) is 0.471. The minimum atomic E-state index is 0.132. The molecular formula is C17H25N3. The van der Waals surface area contributed by atoms with Gasteiger partial charge in [-0.3, -0.25) is 4.68 Å². The van der Waals surface area contributed by atoms with Gasteiger partial charge in [0.2, 0.25) is 0 Å². The van der Waals surface area contributed by atoms with Gasteiger partial charge in [-0.25, -0.2) is 0 Å². The summed E-state index contributed by atoms with van der Waals surface area (Å²) in [4.78, 5) is 0. The van der Waals surface area contributed by atoms with E-state index in [1.54, 1.807) is 0 Å². The summed E-state index contributed by atoms with van der Waals surface area (Å²) in [5.41, 5.74) is 3.90. The molecule has 0 saturated heterocycles. The maximum absolute atomic E-state index is 4.48. The fourth-order valence-corrected chi connectivity index (χ4v) is 2.40. The molecule has 1 N–H and O–H groups in total. The Bertz CT molecular complexity index is 541. The largest absolute Gasteiger partial charge is 0.310 e. The molecule has 3 heteroatoms. The summed E-state index contributed by atoms with van der Waals surface area (Å²) in [5.74, 6) is 0. The molecule has 0 atom stereocenters. The molecule has 0 bridgehead atoms. The van der Waals surface area contributed by atoms with E-state index in [1.165, 1.54) is 11.3 Å². The molecule has 1 aromatic heterocycles. The Morgan fingerprint density at radius 3 is 2.50 bits per heavy atom. The monoisotopic (exact) mass is 271 g/mol. The molecule has 0 aliphatic heterocycles. The van der Waals surface area contributed by atoms with Gasteiger partial charge in [0, 0.05) is 25.6 Å². The predicted molar refractivity (Wildman–Crippen MR) is 83.8 cm³/mol. The van der Waals surface area contributed by atoms with Gasteiger partial charge >= 0.3 is 0 Å². The molecule has 0 spiro atoms. The predicted octanol–water partition coefficient (Wildman–Crippen LogP) is 3.05. The maximum Gasteiger partial charge on any atom is 0.0625 e. The van der Waals surface area contributed by atoms with Crippen molar-refractivity contribution in [3.05, 3.63) is 53.3 Å². The van der Waals surface area contributed by atoms with Crippen molar-refractivity contribution in [1.29, 1.82) is 0 Å². The molecule has 3 nitrogen and oxygen atoms in total. The van der Waals surface area contributed by atoms with E-state index in [0.717, 1.165) is 25.2 Å². The summed E-state index contributed by atoms with van der Waals surface area (Å²) in [6.07, 6.45) is 0.989. The molecule has 0 saturated carbocycles. The van der Waals surface area contributed by atoms with Gasteiger partial charge in [0.15, 0.2) is 0 Å². The van der Waals surface area contributed by atoms with Crippen molar-refractivity contribution < 1.29 is 0 Å². The van der Waals surface area contributed by atoms with E-state index in [-0.39, 0.29) is 5.41 Å². The maximum atomic E-state index is 4.48. The molecule has 0 aliphatic rings. The average Bonchev–Trinajstić information content (AvgIpc) is 2.80. The van der Waals surface area contributed by atoms with Crippen molar-refractivity contribution in [3.63, 3.8) is 0 Å². The van der Waals surface area contributed by atoms with E-state index in [2.05, 4.69) is 67.6 Å². The van der Waals surface area contributed by atoms with Crippen LogP contribution in [0.15, 0.2) is 36.4 Å². The van der Waals surface area contributed by atoms with Crippen LogP contribution >= 0.6 is 0 Å². The number of rotatable bonds is 6. The van der Waals surface area contributed by atoms with Crippen molar-refractivity contribution in [2.45, 2.75) is 39.2 Å². The third kappa shape index (κ3) is 3.48. The Hall–Kier alpha value is -1.61. The lowest BCUT2D eigenvalue weighted by molar-refractivity contribution is 0.462. The van der Waals surface area contributed by atoms with Crippen LogP contribution in [0, 0.1) is 0 Å². The van der Waals surface area contributed by atoms with Crippen molar-refractivity contribution in [2.75, 3.05) is 6.54 Å². The second-order valence-corrected chi connectivity index (χ2v) is 5.96. The lowest BCUT2D eigenvalue weighted by atomic mass is 9.84. The molecular weight excluding hydrogens is 246 g/mol. The van der Waals surface area contributed by atoms with Gasteiger partial charge in [-0.05, 0) is 18.1 Å². The number of aryl methyl sites for hydroxylation is 2. The molecule has 1 heterocycles. The molecule has 0 unspecified atom stereocenters. The molecule has 0 amide bonds. The van der Waals surface area contributed by atoms with Gasteiger partial charge in [0.05, 0.1) is 11.4 Å². The van der Waals surface area contributed by atoms with Gasteiger partial charge < -0.3 is 5.32 Å². The first-order chi connectivity index (χ1) is 9.53. The number of aromatic nitrogens is 2. The first-order valence-electron chi connectivity index (χ1n) is 7.31. The van der Waals surface area contributed by atoms with E-state index < -0.39 is 0 Å². The standard InChI is InChI=1S/C17H25N3/c1-5-15-11-16(20(4)19-15)12-18-13-17(2,3)14-9-7-6-8-10-14/h6-11,18H,5,12-13H2,1-4H3. The highest BCUT2D eigenvalue weighted by molar-refractivity contribution is 5.24. The molecule has 2 rings (SSSR count). The zero-order valence-electron chi connectivity index (χ0n) is 13.0. The van der Waals surface area contributed by atoms with Gasteiger partial charge in [0.1, 0.15) is 0 Å². The lowest BCUT2D eigenvalue weighted by Gasteiger charge is -2.25. The van der Waals surface area contributed by atoms with Gasteiger partial charge in [0.25, 0.3) is 0 Å². The van der Waals surface area contributed by atoms with Gasteiger partial charge in [-0.2, -0.15) is 5.10 Å². The quantitative estimate of drug-likeness (QED) is 0.875. The Morgan fingerprint density at radius 2 is 1.90 bits per heavy atom. The summed E-state index contributed by atoms with van der Waals surface area (Å²) in [7, 11) is 2.01. The average molecular weight is 271 g/mol. The summed E-state index contributed by atoms with van der Waals surface area (Å²) in [6.45, 7) is 8.49. The topological polar surface area (TPSA) is 29.9 Å². The van der Waals surface area contributed by atoms with Crippen LogP contribution in [0.4, 0.5) is 0 Å². The summed E-state index contributed by atoms with van der Waals surface area (Å²) in [5, 5.41) is 8.04. The molecule has 0 radical (unpaired) electrons. The van der Waals surface area contributed by atoms with E-state index in [0.29, 0.717) is 0 Å². The van der Waals surface area contributed by atoms with Crippen LogP contribution in [-0.4, -0.2) is 16.3 Å². The van der Waals surface area contributed by atoms with Crippen molar-refractivity contribution in [3.8, 4) is 0 Å². The number of nitrogens with zero attached hydrogens (tertiary/aromatic N) is 2. The Kier molecular flexibility index (Phi) is 4.61. The van der Waals surface area contributed by atoms with Crippen molar-refractivity contribution >= 4 is 0 Å². The van der Waals surface area contributed by atoms with Crippen LogP contribution in [0.3, 0.4) is 0 Å². The molecule has 20 heavy (non-hydrogen) atoms. The minimum Gasteiger partial charge on any atom is -0.310 e. The fourth-order valence-electron chi connectivity index (χ4n) is 2.40. The van der Waals surface area contributed by atoms with E-state index in [4.69, 9.17) is 0 Å². The number of benzene rings is 1. The normalized spacial score (nSPS) is 11.8.